The highest BCUT2D eigenvalue weighted by molar-refractivity contribution is 5.91. The van der Waals surface area contributed by atoms with Crippen LogP contribution in [0, 0.1) is 6.92 Å². The second-order valence-electron chi connectivity index (χ2n) is 8.04. The summed E-state index contributed by atoms with van der Waals surface area (Å²) in [5.41, 5.74) is 5.98. The number of hydrogen-bond donors (Lipinski definition) is 0. The molecular formula is C30H24O3. The van der Waals surface area contributed by atoms with Crippen molar-refractivity contribution in [2.45, 2.75) is 13.8 Å². The monoisotopic (exact) mass is 432 g/mol. The number of aryl methyl sites for hydroxylation is 1. The Morgan fingerprint density at radius 1 is 0.727 bits per heavy atom. The van der Waals surface area contributed by atoms with Crippen LogP contribution in [0.3, 0.4) is 0 Å². The molecule has 1 aromatic heterocycles. The van der Waals surface area contributed by atoms with Gasteiger partial charge >= 0.3 is 0 Å². The van der Waals surface area contributed by atoms with E-state index >= 15 is 0 Å². The predicted molar refractivity (Wildman–Crippen MR) is 135 cm³/mol. The van der Waals surface area contributed by atoms with Crippen molar-refractivity contribution in [1.82, 2.24) is 0 Å². The standard InChI is InChI=1S/C30H24O3/c1-3-32-25-15-12-21(13-16-25)28-29(31)26-19-24(23-11-7-8-20(2)18-23)14-17-27(26)33-30(28)22-9-5-4-6-10-22/h4-19H,3H2,1-2H3. The molecule has 0 unspecified atom stereocenters. The minimum atomic E-state index is -0.0474. The largest absolute Gasteiger partial charge is 0.494 e. The van der Waals surface area contributed by atoms with Gasteiger partial charge in [-0.05, 0) is 54.8 Å². The fourth-order valence-corrected chi connectivity index (χ4v) is 4.14. The molecule has 0 N–H and O–H groups in total. The second kappa shape index (κ2) is 8.79. The SMILES string of the molecule is CCOc1ccc(-c2c(-c3ccccc3)oc3ccc(-c4cccc(C)c4)cc3c2=O)cc1. The van der Waals surface area contributed by atoms with Crippen LogP contribution in [-0.4, -0.2) is 6.61 Å². The van der Waals surface area contributed by atoms with Gasteiger partial charge in [-0.3, -0.25) is 4.79 Å². The summed E-state index contributed by atoms with van der Waals surface area (Å²) in [7, 11) is 0. The van der Waals surface area contributed by atoms with E-state index in [1.54, 1.807) is 0 Å². The van der Waals surface area contributed by atoms with Crippen LogP contribution in [0.15, 0.2) is 106 Å². The van der Waals surface area contributed by atoms with Gasteiger partial charge in [0.05, 0.1) is 17.6 Å². The Morgan fingerprint density at radius 2 is 1.42 bits per heavy atom. The van der Waals surface area contributed by atoms with Gasteiger partial charge < -0.3 is 9.15 Å². The van der Waals surface area contributed by atoms with Crippen LogP contribution in [0.4, 0.5) is 0 Å². The lowest BCUT2D eigenvalue weighted by atomic mass is 9.96. The third-order valence-corrected chi connectivity index (χ3v) is 5.73. The summed E-state index contributed by atoms with van der Waals surface area (Å²) in [5.74, 6) is 1.34. The molecule has 0 aliphatic carbocycles. The Hall–Kier alpha value is -4.11. The highest BCUT2D eigenvalue weighted by atomic mass is 16.5. The normalized spacial score (nSPS) is 11.0. The summed E-state index contributed by atoms with van der Waals surface area (Å²) in [6.45, 7) is 4.61. The number of benzene rings is 4. The molecule has 0 saturated heterocycles. The number of ether oxygens (including phenoxy) is 1. The Labute approximate surface area is 192 Å². The molecule has 0 spiro atoms. The predicted octanol–water partition coefficient (Wildman–Crippen LogP) is 7.50. The molecule has 5 aromatic rings. The zero-order chi connectivity index (χ0) is 22.8. The molecule has 0 aliphatic heterocycles. The van der Waals surface area contributed by atoms with Crippen molar-refractivity contribution in [2.24, 2.45) is 0 Å². The Kier molecular flexibility index (Phi) is 5.54. The molecule has 162 valence electrons. The molecule has 1 heterocycles. The molecule has 5 rings (SSSR count). The maximum Gasteiger partial charge on any atom is 0.201 e. The third kappa shape index (κ3) is 4.06. The van der Waals surface area contributed by atoms with Crippen LogP contribution in [-0.2, 0) is 0 Å². The highest BCUT2D eigenvalue weighted by Crippen LogP contribution is 2.34. The van der Waals surface area contributed by atoms with Crippen molar-refractivity contribution < 1.29 is 9.15 Å². The van der Waals surface area contributed by atoms with Crippen molar-refractivity contribution in [3.05, 3.63) is 113 Å². The van der Waals surface area contributed by atoms with Gasteiger partial charge in [0.25, 0.3) is 0 Å². The van der Waals surface area contributed by atoms with E-state index < -0.39 is 0 Å². The van der Waals surface area contributed by atoms with Crippen molar-refractivity contribution in [2.75, 3.05) is 6.61 Å². The van der Waals surface area contributed by atoms with E-state index in [9.17, 15) is 4.79 Å². The topological polar surface area (TPSA) is 39.4 Å². The van der Waals surface area contributed by atoms with Gasteiger partial charge in [-0.1, -0.05) is 78.4 Å². The molecule has 0 aliphatic rings. The zero-order valence-electron chi connectivity index (χ0n) is 18.7. The molecule has 0 atom stereocenters. The van der Waals surface area contributed by atoms with Crippen LogP contribution in [0.5, 0.6) is 5.75 Å². The van der Waals surface area contributed by atoms with Gasteiger partial charge in [0.15, 0.2) is 0 Å². The maximum absolute atomic E-state index is 13.9. The van der Waals surface area contributed by atoms with E-state index in [1.807, 2.05) is 85.8 Å². The van der Waals surface area contributed by atoms with Gasteiger partial charge in [-0.15, -0.1) is 0 Å². The molecule has 3 nitrogen and oxygen atoms in total. The lowest BCUT2D eigenvalue weighted by Crippen LogP contribution is -2.07. The van der Waals surface area contributed by atoms with Crippen molar-refractivity contribution >= 4 is 11.0 Å². The van der Waals surface area contributed by atoms with Crippen LogP contribution < -0.4 is 10.2 Å². The second-order valence-corrected chi connectivity index (χ2v) is 8.04. The Bertz CT molecular complexity index is 1480. The highest BCUT2D eigenvalue weighted by Gasteiger charge is 2.18. The first-order valence-corrected chi connectivity index (χ1v) is 11.1. The van der Waals surface area contributed by atoms with E-state index in [0.29, 0.717) is 28.9 Å². The minimum absolute atomic E-state index is 0.0474. The average Bonchev–Trinajstić information content (AvgIpc) is 2.85. The van der Waals surface area contributed by atoms with E-state index in [2.05, 4.69) is 25.1 Å². The molecular weight excluding hydrogens is 408 g/mol. The first-order chi connectivity index (χ1) is 16.1. The quantitative estimate of drug-likeness (QED) is 0.289. The van der Waals surface area contributed by atoms with Crippen LogP contribution >= 0.6 is 0 Å². The fourth-order valence-electron chi connectivity index (χ4n) is 4.14. The van der Waals surface area contributed by atoms with Gasteiger partial charge in [0, 0.05) is 5.56 Å². The Balaban J connectivity index is 1.76. The van der Waals surface area contributed by atoms with Gasteiger partial charge in [0.1, 0.15) is 17.1 Å². The van der Waals surface area contributed by atoms with Crippen LogP contribution in [0.2, 0.25) is 0 Å². The first kappa shape index (κ1) is 20.8. The molecule has 0 fully saturated rings. The number of rotatable bonds is 5. The summed E-state index contributed by atoms with van der Waals surface area (Å²) in [6, 6.07) is 31.5. The van der Waals surface area contributed by atoms with E-state index in [4.69, 9.17) is 9.15 Å². The van der Waals surface area contributed by atoms with Crippen molar-refractivity contribution in [1.29, 1.82) is 0 Å². The third-order valence-electron chi connectivity index (χ3n) is 5.73. The van der Waals surface area contributed by atoms with E-state index in [0.717, 1.165) is 28.0 Å². The molecule has 4 aromatic carbocycles. The van der Waals surface area contributed by atoms with E-state index in [-0.39, 0.29) is 5.43 Å². The average molecular weight is 433 g/mol. The minimum Gasteiger partial charge on any atom is -0.494 e. The Morgan fingerprint density at radius 3 is 2.15 bits per heavy atom. The van der Waals surface area contributed by atoms with Gasteiger partial charge in [0.2, 0.25) is 5.43 Å². The van der Waals surface area contributed by atoms with Crippen LogP contribution in [0.25, 0.3) is 44.5 Å². The first-order valence-electron chi connectivity index (χ1n) is 11.1. The summed E-state index contributed by atoms with van der Waals surface area (Å²) >= 11 is 0. The molecule has 0 saturated carbocycles. The molecule has 0 amide bonds. The lowest BCUT2D eigenvalue weighted by Gasteiger charge is -2.12. The molecule has 3 heteroatoms. The summed E-state index contributed by atoms with van der Waals surface area (Å²) in [5, 5.41) is 0.567. The van der Waals surface area contributed by atoms with Gasteiger partial charge in [-0.2, -0.15) is 0 Å². The summed E-state index contributed by atoms with van der Waals surface area (Å²) < 4.78 is 12.0. The smallest absolute Gasteiger partial charge is 0.201 e. The van der Waals surface area contributed by atoms with E-state index in [1.165, 1.54) is 5.56 Å². The maximum atomic E-state index is 13.9. The lowest BCUT2D eigenvalue weighted by molar-refractivity contribution is 0.340. The molecule has 33 heavy (non-hydrogen) atoms. The number of fused-ring (bicyclic) bond motifs is 1. The zero-order valence-corrected chi connectivity index (χ0v) is 18.7. The van der Waals surface area contributed by atoms with Crippen molar-refractivity contribution in [3.63, 3.8) is 0 Å². The summed E-state index contributed by atoms with van der Waals surface area (Å²) in [4.78, 5) is 13.9. The van der Waals surface area contributed by atoms with Crippen molar-refractivity contribution in [3.8, 4) is 39.3 Å². The fraction of sp³-hybridized carbons (Fsp3) is 0.100. The van der Waals surface area contributed by atoms with Gasteiger partial charge in [-0.25, -0.2) is 0 Å². The van der Waals surface area contributed by atoms with Crippen LogP contribution in [0.1, 0.15) is 12.5 Å². The molecule has 0 bridgehead atoms. The summed E-state index contributed by atoms with van der Waals surface area (Å²) in [6.07, 6.45) is 0. The number of hydrogen-bond acceptors (Lipinski definition) is 3. The molecule has 0 radical (unpaired) electrons.